The fourth-order valence-electron chi connectivity index (χ4n) is 1.30. The second-order valence-corrected chi connectivity index (χ2v) is 3.16. The van der Waals surface area contributed by atoms with E-state index in [1.807, 2.05) is 0 Å². The molecule has 1 aromatic carbocycles. The Kier molecular flexibility index (Phi) is 2.20. The van der Waals surface area contributed by atoms with Gasteiger partial charge in [0, 0.05) is 5.69 Å². The van der Waals surface area contributed by atoms with E-state index >= 15 is 0 Å². The summed E-state index contributed by atoms with van der Waals surface area (Å²) in [5, 5.41) is 2.29. The van der Waals surface area contributed by atoms with Crippen LogP contribution in [0.25, 0.3) is 11.0 Å². The molecule has 0 radical (unpaired) electrons. The average Bonchev–Trinajstić information content (AvgIpc) is 2.57. The Morgan fingerprint density at radius 3 is 2.56 bits per heavy atom. The number of benzene rings is 1. The molecule has 0 saturated heterocycles. The highest BCUT2D eigenvalue weighted by molar-refractivity contribution is 6.39. The van der Waals surface area contributed by atoms with Crippen molar-refractivity contribution < 1.29 is 9.59 Å². The van der Waals surface area contributed by atoms with Crippen molar-refractivity contribution in [2.45, 2.75) is 0 Å². The molecule has 7 nitrogen and oxygen atoms in total. The third-order valence-corrected chi connectivity index (χ3v) is 2.00. The topological polar surface area (TPSA) is 121 Å². The molecule has 0 fully saturated rings. The maximum absolute atomic E-state index is 11.0. The molecule has 2 aromatic rings. The quantitative estimate of drug-likeness (QED) is 0.474. The summed E-state index contributed by atoms with van der Waals surface area (Å²) in [4.78, 5) is 37.5. The van der Waals surface area contributed by atoms with Gasteiger partial charge in [0.15, 0.2) is 0 Å². The zero-order valence-electron chi connectivity index (χ0n) is 8.03. The Labute approximate surface area is 88.6 Å². The van der Waals surface area contributed by atoms with E-state index in [9.17, 15) is 14.4 Å². The van der Waals surface area contributed by atoms with Crippen molar-refractivity contribution >= 4 is 28.5 Å². The van der Waals surface area contributed by atoms with Crippen molar-refractivity contribution in [1.29, 1.82) is 0 Å². The Hall–Kier alpha value is -2.57. The molecule has 0 bridgehead atoms. The lowest BCUT2D eigenvalue weighted by Gasteiger charge is -2.01. The number of rotatable bonds is 1. The van der Waals surface area contributed by atoms with Crippen LogP contribution in [0.2, 0.25) is 0 Å². The SMILES string of the molecule is NC(=O)C(=O)Nc1ccc2[nH]c(=O)[nH]c2c1. The molecular weight excluding hydrogens is 212 g/mol. The van der Waals surface area contributed by atoms with Gasteiger partial charge in [-0.25, -0.2) is 4.79 Å². The van der Waals surface area contributed by atoms with E-state index in [2.05, 4.69) is 15.3 Å². The standard InChI is InChI=1S/C9H8N4O3/c10-7(14)8(15)11-4-1-2-5-6(3-4)13-9(16)12-5/h1-3H,(H2,10,14)(H,11,15)(H2,12,13,16). The molecule has 0 unspecified atom stereocenters. The summed E-state index contributed by atoms with van der Waals surface area (Å²) in [7, 11) is 0. The maximum atomic E-state index is 11.0. The van der Waals surface area contributed by atoms with E-state index < -0.39 is 11.8 Å². The summed E-state index contributed by atoms with van der Waals surface area (Å²) in [6.45, 7) is 0. The maximum Gasteiger partial charge on any atom is 0.323 e. The number of primary amides is 1. The molecule has 2 rings (SSSR count). The Morgan fingerprint density at radius 1 is 1.19 bits per heavy atom. The normalized spacial score (nSPS) is 10.2. The van der Waals surface area contributed by atoms with Crippen LogP contribution in [0.5, 0.6) is 0 Å². The predicted octanol–water partition coefficient (Wildman–Crippen LogP) is -0.720. The summed E-state index contributed by atoms with van der Waals surface area (Å²) in [5.41, 5.74) is 5.97. The number of H-pyrrole nitrogens is 2. The fraction of sp³-hybridized carbons (Fsp3) is 0. The zero-order chi connectivity index (χ0) is 11.7. The van der Waals surface area contributed by atoms with Crippen LogP contribution < -0.4 is 16.7 Å². The number of imidazole rings is 1. The molecule has 1 aromatic heterocycles. The van der Waals surface area contributed by atoms with Gasteiger partial charge in [0.05, 0.1) is 11.0 Å². The number of hydrogen-bond acceptors (Lipinski definition) is 3. The van der Waals surface area contributed by atoms with Gasteiger partial charge in [0.1, 0.15) is 0 Å². The van der Waals surface area contributed by atoms with Crippen LogP contribution in [0.4, 0.5) is 5.69 Å². The first-order chi connectivity index (χ1) is 7.56. The number of aromatic amines is 2. The third-order valence-electron chi connectivity index (χ3n) is 2.00. The van der Waals surface area contributed by atoms with Crippen LogP contribution in [-0.2, 0) is 9.59 Å². The number of fused-ring (bicyclic) bond motifs is 1. The molecule has 82 valence electrons. The van der Waals surface area contributed by atoms with Crippen molar-refractivity contribution in [1.82, 2.24) is 9.97 Å². The highest BCUT2D eigenvalue weighted by atomic mass is 16.2. The molecule has 0 aliphatic carbocycles. The Bertz CT molecular complexity index is 625. The van der Waals surface area contributed by atoms with Crippen LogP contribution in [0.3, 0.4) is 0 Å². The molecule has 5 N–H and O–H groups in total. The number of hydrogen-bond donors (Lipinski definition) is 4. The highest BCUT2D eigenvalue weighted by Crippen LogP contribution is 2.14. The van der Waals surface area contributed by atoms with Crippen LogP contribution in [0.1, 0.15) is 0 Å². The largest absolute Gasteiger partial charge is 0.361 e. The summed E-state index contributed by atoms with van der Waals surface area (Å²) >= 11 is 0. The van der Waals surface area contributed by atoms with Crippen molar-refractivity contribution in [3.05, 3.63) is 28.7 Å². The van der Waals surface area contributed by atoms with E-state index in [1.165, 1.54) is 6.07 Å². The van der Waals surface area contributed by atoms with Gasteiger partial charge in [0.25, 0.3) is 0 Å². The number of aromatic nitrogens is 2. The molecular formula is C9H8N4O3. The molecule has 0 spiro atoms. The Balaban J connectivity index is 2.36. The lowest BCUT2D eigenvalue weighted by Crippen LogP contribution is -2.29. The summed E-state index contributed by atoms with van der Waals surface area (Å²) in [6.07, 6.45) is 0. The van der Waals surface area contributed by atoms with Gasteiger partial charge < -0.3 is 21.0 Å². The highest BCUT2D eigenvalue weighted by Gasteiger charge is 2.09. The molecule has 16 heavy (non-hydrogen) atoms. The first kappa shape index (κ1) is 9.97. The molecule has 0 aliphatic heterocycles. The van der Waals surface area contributed by atoms with Gasteiger partial charge in [-0.15, -0.1) is 0 Å². The van der Waals surface area contributed by atoms with E-state index in [0.29, 0.717) is 16.7 Å². The number of carbonyl (C=O) groups excluding carboxylic acids is 2. The van der Waals surface area contributed by atoms with Gasteiger partial charge in [-0.2, -0.15) is 0 Å². The monoisotopic (exact) mass is 220 g/mol. The van der Waals surface area contributed by atoms with Crippen molar-refractivity contribution in [2.24, 2.45) is 5.73 Å². The van der Waals surface area contributed by atoms with Crippen LogP contribution >= 0.6 is 0 Å². The van der Waals surface area contributed by atoms with Crippen molar-refractivity contribution in [3.63, 3.8) is 0 Å². The third kappa shape index (κ3) is 1.78. The van der Waals surface area contributed by atoms with Gasteiger partial charge in [0.2, 0.25) is 0 Å². The van der Waals surface area contributed by atoms with Gasteiger partial charge in [-0.3, -0.25) is 9.59 Å². The van der Waals surface area contributed by atoms with Gasteiger partial charge in [-0.1, -0.05) is 0 Å². The second kappa shape index (κ2) is 3.54. The number of nitrogens with two attached hydrogens (primary N) is 1. The van der Waals surface area contributed by atoms with Crippen molar-refractivity contribution in [2.75, 3.05) is 5.32 Å². The van der Waals surface area contributed by atoms with Crippen molar-refractivity contribution in [3.8, 4) is 0 Å². The first-order valence-electron chi connectivity index (χ1n) is 4.39. The average molecular weight is 220 g/mol. The minimum absolute atomic E-state index is 0.339. The summed E-state index contributed by atoms with van der Waals surface area (Å²) in [5.74, 6) is -1.97. The molecule has 2 amide bonds. The second-order valence-electron chi connectivity index (χ2n) is 3.16. The number of carbonyl (C=O) groups is 2. The lowest BCUT2D eigenvalue weighted by molar-refractivity contribution is -0.134. The van der Waals surface area contributed by atoms with E-state index in [1.54, 1.807) is 12.1 Å². The molecule has 7 heteroatoms. The fourth-order valence-corrected chi connectivity index (χ4v) is 1.30. The predicted molar refractivity (Wildman–Crippen MR) is 56.7 cm³/mol. The number of nitrogens with one attached hydrogen (secondary N) is 3. The van der Waals surface area contributed by atoms with E-state index in [-0.39, 0.29) is 5.69 Å². The minimum Gasteiger partial charge on any atom is -0.361 e. The van der Waals surface area contributed by atoms with Gasteiger partial charge >= 0.3 is 17.5 Å². The zero-order valence-corrected chi connectivity index (χ0v) is 8.03. The number of anilines is 1. The Morgan fingerprint density at radius 2 is 1.88 bits per heavy atom. The van der Waals surface area contributed by atoms with E-state index in [0.717, 1.165) is 0 Å². The van der Waals surface area contributed by atoms with Crippen LogP contribution in [0, 0.1) is 0 Å². The smallest absolute Gasteiger partial charge is 0.323 e. The lowest BCUT2D eigenvalue weighted by atomic mass is 10.2. The minimum atomic E-state index is -1.07. The number of amides is 2. The molecule has 0 saturated carbocycles. The summed E-state index contributed by atoms with van der Waals surface area (Å²) < 4.78 is 0. The molecule has 0 aliphatic rings. The molecule has 1 heterocycles. The van der Waals surface area contributed by atoms with E-state index in [4.69, 9.17) is 5.73 Å². The first-order valence-corrected chi connectivity index (χ1v) is 4.39. The van der Waals surface area contributed by atoms with Crippen LogP contribution in [0.15, 0.2) is 23.0 Å². The van der Waals surface area contributed by atoms with Crippen LogP contribution in [-0.4, -0.2) is 21.8 Å². The molecule has 0 atom stereocenters. The van der Waals surface area contributed by atoms with Gasteiger partial charge in [-0.05, 0) is 18.2 Å². The summed E-state index contributed by atoms with van der Waals surface area (Å²) in [6, 6.07) is 4.67.